The summed E-state index contributed by atoms with van der Waals surface area (Å²) < 4.78 is 16.3. The summed E-state index contributed by atoms with van der Waals surface area (Å²) in [6.45, 7) is 3.84. The van der Waals surface area contributed by atoms with Gasteiger partial charge in [0.05, 0.1) is 10.8 Å². The van der Waals surface area contributed by atoms with Crippen molar-refractivity contribution in [2.45, 2.75) is 12.3 Å². The van der Waals surface area contributed by atoms with E-state index in [1.807, 2.05) is 6.07 Å². The minimum absolute atomic E-state index is 0.00156. The number of nitrogens with zero attached hydrogens (tertiary/aromatic N) is 1. The van der Waals surface area contributed by atoms with Gasteiger partial charge in [-0.15, -0.1) is 6.58 Å². The summed E-state index contributed by atoms with van der Waals surface area (Å²) in [6.07, 6.45) is 2.09. The van der Waals surface area contributed by atoms with E-state index in [2.05, 4.69) is 6.58 Å². The molecule has 2 aliphatic rings. The lowest BCUT2D eigenvalue weighted by Gasteiger charge is -2.32. The first kappa shape index (κ1) is 16.1. The lowest BCUT2D eigenvalue weighted by Crippen LogP contribution is -2.32. The van der Waals surface area contributed by atoms with Gasteiger partial charge in [0.1, 0.15) is 5.75 Å². The molecule has 2 aliphatic heterocycles. The van der Waals surface area contributed by atoms with E-state index in [0.29, 0.717) is 23.7 Å². The van der Waals surface area contributed by atoms with Crippen LogP contribution in [-0.4, -0.2) is 17.7 Å². The number of carbonyl (C=O) groups is 1. The van der Waals surface area contributed by atoms with Crippen LogP contribution in [-0.2, 0) is 4.79 Å². The predicted molar refractivity (Wildman–Crippen MR) is 91.4 cm³/mol. The molecule has 4 rings (SSSR count). The van der Waals surface area contributed by atoms with Crippen molar-refractivity contribution in [1.29, 1.82) is 0 Å². The highest BCUT2D eigenvalue weighted by atomic mass is 16.7. The molecule has 0 bridgehead atoms. The van der Waals surface area contributed by atoms with E-state index in [4.69, 9.17) is 14.2 Å². The van der Waals surface area contributed by atoms with Gasteiger partial charge in [-0.1, -0.05) is 18.2 Å². The molecular weight excluding hydrogens is 338 g/mol. The third kappa shape index (κ3) is 2.57. The topological polar surface area (TPSA) is 87.9 Å². The lowest BCUT2D eigenvalue weighted by molar-refractivity contribution is -0.384. The van der Waals surface area contributed by atoms with Crippen molar-refractivity contribution < 1.29 is 23.9 Å². The maximum atomic E-state index is 12.6. The maximum absolute atomic E-state index is 12.6. The van der Waals surface area contributed by atoms with E-state index in [-0.39, 0.29) is 24.4 Å². The van der Waals surface area contributed by atoms with Gasteiger partial charge in [-0.05, 0) is 18.1 Å². The zero-order chi connectivity index (χ0) is 18.3. The number of non-ortho nitro benzene ring substituents is 1. The zero-order valence-corrected chi connectivity index (χ0v) is 13.7. The Morgan fingerprint density at radius 1 is 1.15 bits per heavy atom. The number of nitro groups is 1. The number of rotatable bonds is 4. The van der Waals surface area contributed by atoms with E-state index in [9.17, 15) is 14.9 Å². The molecule has 2 aromatic rings. The first-order valence-corrected chi connectivity index (χ1v) is 8.09. The van der Waals surface area contributed by atoms with Crippen molar-refractivity contribution >= 4 is 11.7 Å². The Labute approximate surface area is 148 Å². The molecule has 0 fully saturated rings. The van der Waals surface area contributed by atoms with Gasteiger partial charge >= 0.3 is 5.97 Å². The number of nitro benzene ring substituents is 1. The zero-order valence-electron chi connectivity index (χ0n) is 13.7. The van der Waals surface area contributed by atoms with Crippen molar-refractivity contribution in [3.05, 3.63) is 70.3 Å². The summed E-state index contributed by atoms with van der Waals surface area (Å²) in [4.78, 5) is 23.0. The average Bonchev–Trinajstić information content (AvgIpc) is 3.08. The quantitative estimate of drug-likeness (QED) is 0.274. The molecule has 0 radical (unpaired) electrons. The molecule has 7 nitrogen and oxygen atoms in total. The number of esters is 1. The molecule has 7 heteroatoms. The Morgan fingerprint density at radius 3 is 2.50 bits per heavy atom. The van der Waals surface area contributed by atoms with Crippen LogP contribution in [0.15, 0.2) is 49.1 Å². The van der Waals surface area contributed by atoms with Crippen LogP contribution in [0.5, 0.6) is 17.2 Å². The van der Waals surface area contributed by atoms with Crippen LogP contribution < -0.4 is 14.2 Å². The fourth-order valence-corrected chi connectivity index (χ4v) is 3.43. The minimum Gasteiger partial charge on any atom is -0.454 e. The van der Waals surface area contributed by atoms with Crippen molar-refractivity contribution in [3.8, 4) is 17.2 Å². The van der Waals surface area contributed by atoms with Crippen LogP contribution in [0.3, 0.4) is 0 Å². The van der Waals surface area contributed by atoms with Crippen LogP contribution in [0.4, 0.5) is 5.69 Å². The van der Waals surface area contributed by atoms with E-state index in [0.717, 1.165) is 11.1 Å². The van der Waals surface area contributed by atoms with Crippen molar-refractivity contribution in [2.75, 3.05) is 6.79 Å². The fraction of sp³-hybridized carbons (Fsp3) is 0.211. The molecule has 2 atom stereocenters. The van der Waals surface area contributed by atoms with Gasteiger partial charge in [-0.2, -0.15) is 0 Å². The monoisotopic (exact) mass is 353 g/mol. The highest BCUT2D eigenvalue weighted by Crippen LogP contribution is 2.48. The Morgan fingerprint density at radius 2 is 1.85 bits per heavy atom. The summed E-state index contributed by atoms with van der Waals surface area (Å²) in [7, 11) is 0. The second-order valence-electron chi connectivity index (χ2n) is 6.12. The Hall–Kier alpha value is -3.35. The van der Waals surface area contributed by atoms with Crippen LogP contribution in [0, 0.1) is 16.0 Å². The number of hydrogen-bond donors (Lipinski definition) is 0. The number of ether oxygens (including phenoxy) is 3. The fourth-order valence-electron chi connectivity index (χ4n) is 3.43. The molecule has 0 N–H and O–H groups in total. The highest BCUT2D eigenvalue weighted by molar-refractivity contribution is 5.81. The van der Waals surface area contributed by atoms with Gasteiger partial charge in [0.25, 0.3) is 5.69 Å². The normalized spacial score (nSPS) is 20.2. The number of hydrogen-bond acceptors (Lipinski definition) is 6. The molecule has 0 aliphatic carbocycles. The second-order valence-corrected chi connectivity index (χ2v) is 6.12. The van der Waals surface area contributed by atoms with Gasteiger partial charge in [0.2, 0.25) is 6.79 Å². The molecule has 2 aromatic carbocycles. The molecular formula is C19H15NO6. The third-order valence-electron chi connectivity index (χ3n) is 4.64. The summed E-state index contributed by atoms with van der Waals surface area (Å²) in [5.74, 6) is 0.385. The summed E-state index contributed by atoms with van der Waals surface area (Å²) in [6, 6.07) is 9.68. The number of benzene rings is 2. The third-order valence-corrected chi connectivity index (χ3v) is 4.64. The van der Waals surface area contributed by atoms with E-state index in [1.54, 1.807) is 24.3 Å². The van der Waals surface area contributed by atoms with E-state index >= 15 is 0 Å². The molecule has 132 valence electrons. The molecule has 0 saturated heterocycles. The van der Waals surface area contributed by atoms with Crippen LogP contribution in [0.25, 0.3) is 0 Å². The number of carbonyl (C=O) groups excluding carboxylic acids is 1. The average molecular weight is 353 g/mol. The predicted octanol–water partition coefficient (Wildman–Crippen LogP) is 3.57. The first-order valence-electron chi connectivity index (χ1n) is 8.09. The van der Waals surface area contributed by atoms with Gasteiger partial charge < -0.3 is 14.2 Å². The van der Waals surface area contributed by atoms with Gasteiger partial charge in [0.15, 0.2) is 11.5 Å². The summed E-state index contributed by atoms with van der Waals surface area (Å²) >= 11 is 0. The molecule has 0 aromatic heterocycles. The highest BCUT2D eigenvalue weighted by Gasteiger charge is 2.39. The number of fused-ring (bicyclic) bond motifs is 2. The smallest absolute Gasteiger partial charge is 0.315 e. The summed E-state index contributed by atoms with van der Waals surface area (Å²) in [5, 5.41) is 10.9. The largest absolute Gasteiger partial charge is 0.454 e. The van der Waals surface area contributed by atoms with E-state index < -0.39 is 10.8 Å². The van der Waals surface area contributed by atoms with Crippen molar-refractivity contribution in [1.82, 2.24) is 0 Å². The Balaban J connectivity index is 1.84. The standard InChI is InChI=1S/C19H15NO6/c1-2-3-13-18(11-4-6-12(7-5-11)20(22)23)14-8-16-17(25-10-24-16)9-15(14)26-19(13)21/h2,4-9,13,18H,1,3,10H2/t13-,18+/m0/s1. The molecule has 2 heterocycles. The molecule has 26 heavy (non-hydrogen) atoms. The minimum atomic E-state index is -0.471. The van der Waals surface area contributed by atoms with Gasteiger partial charge in [-0.3, -0.25) is 14.9 Å². The van der Waals surface area contributed by atoms with Gasteiger partial charge in [0, 0.05) is 29.7 Å². The maximum Gasteiger partial charge on any atom is 0.315 e. The molecule has 0 saturated carbocycles. The molecule has 0 amide bonds. The van der Waals surface area contributed by atoms with Crippen LogP contribution in [0.1, 0.15) is 23.5 Å². The molecule has 0 unspecified atom stereocenters. The molecule has 0 spiro atoms. The van der Waals surface area contributed by atoms with Crippen LogP contribution in [0.2, 0.25) is 0 Å². The van der Waals surface area contributed by atoms with Crippen molar-refractivity contribution in [3.63, 3.8) is 0 Å². The Kier molecular flexibility index (Phi) is 3.84. The van der Waals surface area contributed by atoms with Crippen LogP contribution >= 0.6 is 0 Å². The van der Waals surface area contributed by atoms with E-state index in [1.165, 1.54) is 12.1 Å². The second kappa shape index (κ2) is 6.18. The first-order chi connectivity index (χ1) is 12.6. The lowest BCUT2D eigenvalue weighted by atomic mass is 9.77. The van der Waals surface area contributed by atoms with Gasteiger partial charge in [-0.25, -0.2) is 0 Å². The summed E-state index contributed by atoms with van der Waals surface area (Å²) in [5.41, 5.74) is 1.58. The van der Waals surface area contributed by atoms with Crippen molar-refractivity contribution in [2.24, 2.45) is 5.92 Å². The number of allylic oxidation sites excluding steroid dienone is 1. The SMILES string of the molecule is C=CC[C@@H]1C(=O)Oc2cc3c(cc2[C@@H]1c1ccc([N+](=O)[O-])cc1)OCO3. The Bertz CT molecular complexity index is 905.